The van der Waals surface area contributed by atoms with Crippen LogP contribution in [0.1, 0.15) is 38.5 Å². The minimum Gasteiger partial charge on any atom is -0.394 e. The third kappa shape index (κ3) is 3.51. The lowest BCUT2D eigenvalue weighted by atomic mass is 9.94. The van der Waals surface area contributed by atoms with Gasteiger partial charge in [0.15, 0.2) is 0 Å². The van der Waals surface area contributed by atoms with Crippen molar-refractivity contribution in [3.63, 3.8) is 0 Å². The highest BCUT2D eigenvalue weighted by Gasteiger charge is 2.38. The predicted molar refractivity (Wildman–Crippen MR) is 75.6 cm³/mol. The molecule has 1 amide bonds. The maximum atomic E-state index is 12.3. The first kappa shape index (κ1) is 15.7. The first-order chi connectivity index (χ1) is 9.36. The zero-order valence-corrected chi connectivity index (χ0v) is 12.8. The van der Waals surface area contributed by atoms with Crippen molar-refractivity contribution in [2.24, 2.45) is 5.92 Å². The monoisotopic (exact) mass is 304 g/mol. The molecule has 116 valence electrons. The van der Waals surface area contributed by atoms with Gasteiger partial charge in [0, 0.05) is 13.1 Å². The molecule has 7 heteroatoms. The Bertz CT molecular complexity index is 457. The van der Waals surface area contributed by atoms with Crippen LogP contribution < -0.4 is 5.32 Å². The number of sulfonamides is 1. The Labute approximate surface area is 120 Å². The molecule has 1 heterocycles. The van der Waals surface area contributed by atoms with Crippen LogP contribution in [0, 0.1) is 5.92 Å². The molecule has 1 saturated carbocycles. The quantitative estimate of drug-likeness (QED) is 0.770. The fourth-order valence-electron chi connectivity index (χ4n) is 3.20. The summed E-state index contributed by atoms with van der Waals surface area (Å²) in [6.07, 6.45) is 6.23. The molecule has 2 aliphatic rings. The third-order valence-corrected chi connectivity index (χ3v) is 5.75. The fraction of sp³-hybridized carbons (Fsp3) is 0.923. The van der Waals surface area contributed by atoms with Crippen molar-refractivity contribution < 1.29 is 18.3 Å². The molecule has 6 nitrogen and oxygen atoms in total. The summed E-state index contributed by atoms with van der Waals surface area (Å²) in [5.41, 5.74) is -0.482. The summed E-state index contributed by atoms with van der Waals surface area (Å²) in [6, 6.07) is 0. The summed E-state index contributed by atoms with van der Waals surface area (Å²) < 4.78 is 24.5. The molecule has 1 saturated heterocycles. The number of nitrogens with one attached hydrogen (secondary N) is 1. The number of aliphatic hydroxyl groups excluding tert-OH is 1. The van der Waals surface area contributed by atoms with Crippen molar-refractivity contribution >= 4 is 15.9 Å². The van der Waals surface area contributed by atoms with E-state index in [4.69, 9.17) is 0 Å². The molecule has 0 bridgehead atoms. The Balaban J connectivity index is 1.98. The van der Waals surface area contributed by atoms with Gasteiger partial charge in [0.25, 0.3) is 0 Å². The van der Waals surface area contributed by atoms with Crippen LogP contribution in [0.3, 0.4) is 0 Å². The van der Waals surface area contributed by atoms with E-state index in [0.717, 1.165) is 25.7 Å². The average molecular weight is 304 g/mol. The zero-order valence-electron chi connectivity index (χ0n) is 12.0. The van der Waals surface area contributed by atoms with Crippen LogP contribution in [0.25, 0.3) is 0 Å². The number of nitrogens with zero attached hydrogens (tertiary/aromatic N) is 1. The van der Waals surface area contributed by atoms with E-state index in [9.17, 15) is 18.3 Å². The number of hydrogen-bond acceptors (Lipinski definition) is 4. The first-order valence-electron chi connectivity index (χ1n) is 7.24. The standard InChI is InChI=1S/C13H24N2O4S/c1-20(18,19)15-8-4-5-11(9-15)12(17)14-13(10-16)6-2-3-7-13/h11,16H,2-10H2,1H3,(H,14,17). The molecule has 0 aromatic carbocycles. The summed E-state index contributed by atoms with van der Waals surface area (Å²) >= 11 is 0. The SMILES string of the molecule is CS(=O)(=O)N1CCCC(C(=O)NC2(CO)CCCC2)C1. The van der Waals surface area contributed by atoms with Crippen LogP contribution in [-0.2, 0) is 14.8 Å². The minimum atomic E-state index is -3.24. The molecule has 1 atom stereocenters. The Morgan fingerprint density at radius 3 is 2.55 bits per heavy atom. The van der Waals surface area contributed by atoms with E-state index in [1.165, 1.54) is 10.6 Å². The molecule has 0 aromatic rings. The third-order valence-electron chi connectivity index (χ3n) is 4.48. The molecule has 2 N–H and O–H groups in total. The highest BCUT2D eigenvalue weighted by Crippen LogP contribution is 2.30. The molecule has 0 aromatic heterocycles. The van der Waals surface area contributed by atoms with E-state index in [1.807, 2.05) is 0 Å². The van der Waals surface area contributed by atoms with E-state index in [-0.39, 0.29) is 25.0 Å². The van der Waals surface area contributed by atoms with Gasteiger partial charge in [-0.3, -0.25) is 4.79 Å². The van der Waals surface area contributed by atoms with Crippen molar-refractivity contribution in [3.8, 4) is 0 Å². The summed E-state index contributed by atoms with van der Waals surface area (Å²) in [5.74, 6) is -0.420. The summed E-state index contributed by atoms with van der Waals surface area (Å²) in [5, 5.41) is 12.5. The maximum absolute atomic E-state index is 12.3. The maximum Gasteiger partial charge on any atom is 0.224 e. The number of piperidine rings is 1. The molecule has 0 spiro atoms. The Hall–Kier alpha value is -0.660. The number of hydrogen-bond donors (Lipinski definition) is 2. The van der Waals surface area contributed by atoms with Crippen LogP contribution in [0.4, 0.5) is 0 Å². The topological polar surface area (TPSA) is 86.7 Å². The molecule has 1 aliphatic carbocycles. The van der Waals surface area contributed by atoms with Crippen molar-refractivity contribution in [2.75, 3.05) is 26.0 Å². The summed E-state index contributed by atoms with van der Waals surface area (Å²) in [7, 11) is -3.24. The van der Waals surface area contributed by atoms with Crippen LogP contribution in [0.15, 0.2) is 0 Å². The van der Waals surface area contributed by atoms with E-state index in [0.29, 0.717) is 19.4 Å². The van der Waals surface area contributed by atoms with Gasteiger partial charge in [0.2, 0.25) is 15.9 Å². The molecular weight excluding hydrogens is 280 g/mol. The zero-order chi connectivity index (χ0) is 14.8. The number of carbonyl (C=O) groups is 1. The second kappa shape index (κ2) is 5.99. The number of carbonyl (C=O) groups excluding carboxylic acids is 1. The Morgan fingerprint density at radius 1 is 1.35 bits per heavy atom. The first-order valence-corrected chi connectivity index (χ1v) is 9.09. The summed E-state index contributed by atoms with van der Waals surface area (Å²) in [4.78, 5) is 12.3. The Morgan fingerprint density at radius 2 is 2.00 bits per heavy atom. The Kier molecular flexibility index (Phi) is 4.71. The van der Waals surface area contributed by atoms with Gasteiger partial charge in [-0.15, -0.1) is 0 Å². The second-order valence-corrected chi connectivity index (χ2v) is 8.08. The van der Waals surface area contributed by atoms with Gasteiger partial charge in [-0.1, -0.05) is 12.8 Å². The van der Waals surface area contributed by atoms with Crippen LogP contribution >= 0.6 is 0 Å². The van der Waals surface area contributed by atoms with Gasteiger partial charge in [0.1, 0.15) is 0 Å². The molecular formula is C13H24N2O4S. The van der Waals surface area contributed by atoms with Gasteiger partial charge >= 0.3 is 0 Å². The number of amides is 1. The normalized spacial score (nSPS) is 27.4. The lowest BCUT2D eigenvalue weighted by Crippen LogP contribution is -2.54. The number of aliphatic hydroxyl groups is 1. The minimum absolute atomic E-state index is 0.0404. The molecule has 1 aliphatic heterocycles. The highest BCUT2D eigenvalue weighted by molar-refractivity contribution is 7.88. The summed E-state index contributed by atoms with van der Waals surface area (Å²) in [6.45, 7) is 0.710. The van der Waals surface area contributed by atoms with Gasteiger partial charge in [-0.05, 0) is 25.7 Å². The van der Waals surface area contributed by atoms with Crippen LogP contribution in [0.2, 0.25) is 0 Å². The van der Waals surface area contributed by atoms with Crippen molar-refractivity contribution in [1.29, 1.82) is 0 Å². The predicted octanol–water partition coefficient (Wildman–Crippen LogP) is 0.0793. The average Bonchev–Trinajstić information content (AvgIpc) is 2.87. The molecule has 2 fully saturated rings. The molecule has 2 rings (SSSR count). The smallest absolute Gasteiger partial charge is 0.224 e. The lowest BCUT2D eigenvalue weighted by Gasteiger charge is -2.34. The van der Waals surface area contributed by atoms with Crippen LogP contribution in [-0.4, -0.2) is 55.2 Å². The van der Waals surface area contributed by atoms with Crippen molar-refractivity contribution in [1.82, 2.24) is 9.62 Å². The molecule has 0 radical (unpaired) electrons. The largest absolute Gasteiger partial charge is 0.394 e. The van der Waals surface area contributed by atoms with E-state index in [1.54, 1.807) is 0 Å². The molecule has 20 heavy (non-hydrogen) atoms. The lowest BCUT2D eigenvalue weighted by molar-refractivity contribution is -0.128. The van der Waals surface area contributed by atoms with Gasteiger partial charge in [-0.2, -0.15) is 0 Å². The van der Waals surface area contributed by atoms with Gasteiger partial charge in [0.05, 0.1) is 24.3 Å². The fourth-order valence-corrected chi connectivity index (χ4v) is 4.11. The van der Waals surface area contributed by atoms with E-state index < -0.39 is 15.6 Å². The van der Waals surface area contributed by atoms with Crippen molar-refractivity contribution in [2.45, 2.75) is 44.1 Å². The highest BCUT2D eigenvalue weighted by atomic mass is 32.2. The molecule has 1 unspecified atom stereocenters. The van der Waals surface area contributed by atoms with E-state index >= 15 is 0 Å². The van der Waals surface area contributed by atoms with E-state index in [2.05, 4.69) is 5.32 Å². The van der Waals surface area contributed by atoms with Crippen molar-refractivity contribution in [3.05, 3.63) is 0 Å². The van der Waals surface area contributed by atoms with Crippen LogP contribution in [0.5, 0.6) is 0 Å². The number of rotatable bonds is 4. The van der Waals surface area contributed by atoms with Gasteiger partial charge < -0.3 is 10.4 Å². The second-order valence-electron chi connectivity index (χ2n) is 6.09. The van der Waals surface area contributed by atoms with Gasteiger partial charge in [-0.25, -0.2) is 12.7 Å².